The fraction of sp³-hybridized carbons (Fsp3) is 0.182. The van der Waals surface area contributed by atoms with Gasteiger partial charge in [-0.25, -0.2) is 0 Å². The number of nitrogens with zero attached hydrogens (tertiary/aromatic N) is 2. The molecule has 0 saturated heterocycles. The second-order valence-corrected chi connectivity index (χ2v) is 3.37. The number of Topliss-reactive ketones (excluding diaryl/α,β-unsaturated/α-hetero) is 1. The molecule has 1 aromatic carbocycles. The Bertz CT molecular complexity index is 519. The van der Waals surface area contributed by atoms with Gasteiger partial charge in [-0.05, 0) is 6.07 Å². The molecule has 0 atom stereocenters. The fourth-order valence-electron chi connectivity index (χ4n) is 1.29. The van der Waals surface area contributed by atoms with E-state index in [4.69, 9.17) is 4.52 Å². The van der Waals surface area contributed by atoms with Crippen molar-refractivity contribution >= 4 is 5.78 Å². The summed E-state index contributed by atoms with van der Waals surface area (Å²) in [6, 6.07) is 6.87. The van der Waals surface area contributed by atoms with Gasteiger partial charge in [0, 0.05) is 12.5 Å². The van der Waals surface area contributed by atoms with Crippen molar-refractivity contribution in [1.29, 1.82) is 0 Å². The van der Waals surface area contributed by atoms with Gasteiger partial charge >= 0.3 is 0 Å². The number of phenolic OH excluding ortho intramolecular Hbond substituents is 1. The summed E-state index contributed by atoms with van der Waals surface area (Å²) in [5, 5.41) is 13.1. The van der Waals surface area contributed by atoms with Crippen LogP contribution in [0.2, 0.25) is 0 Å². The summed E-state index contributed by atoms with van der Waals surface area (Å²) in [5.74, 6) is 0.300. The van der Waals surface area contributed by atoms with Crippen LogP contribution in [0.15, 0.2) is 28.8 Å². The fourth-order valence-corrected chi connectivity index (χ4v) is 1.29. The quantitative estimate of drug-likeness (QED) is 0.791. The smallest absolute Gasteiger partial charge is 0.238 e. The van der Waals surface area contributed by atoms with E-state index in [0.717, 1.165) is 0 Å². The number of para-hydroxylation sites is 1. The number of carbonyl (C=O) groups excluding carboxylic acids is 1. The molecule has 0 aliphatic heterocycles. The van der Waals surface area contributed by atoms with Crippen LogP contribution in [0.1, 0.15) is 29.0 Å². The van der Waals surface area contributed by atoms with Gasteiger partial charge < -0.3 is 9.63 Å². The number of carbonyl (C=O) groups is 1. The Hall–Kier alpha value is -2.17. The number of ketones is 1. The zero-order valence-electron chi connectivity index (χ0n) is 8.67. The van der Waals surface area contributed by atoms with Crippen molar-refractivity contribution in [2.45, 2.75) is 13.3 Å². The molecule has 82 valence electrons. The van der Waals surface area contributed by atoms with Gasteiger partial charge in [-0.3, -0.25) is 4.79 Å². The monoisotopic (exact) mass is 218 g/mol. The van der Waals surface area contributed by atoms with Crippen molar-refractivity contribution in [2.24, 2.45) is 0 Å². The first-order valence-corrected chi connectivity index (χ1v) is 4.77. The van der Waals surface area contributed by atoms with Gasteiger partial charge in [0.2, 0.25) is 17.5 Å². The van der Waals surface area contributed by atoms with Gasteiger partial charge in [-0.15, -0.1) is 0 Å². The molecule has 0 aliphatic carbocycles. The largest absolute Gasteiger partial charge is 0.508 e. The number of benzene rings is 1. The Balaban J connectivity index is 2.21. The molecule has 5 nitrogen and oxygen atoms in total. The minimum absolute atomic E-state index is 0.0606. The number of phenols is 1. The molecular weight excluding hydrogens is 208 g/mol. The van der Waals surface area contributed by atoms with E-state index in [-0.39, 0.29) is 17.4 Å². The highest BCUT2D eigenvalue weighted by Gasteiger charge is 2.11. The second-order valence-electron chi connectivity index (χ2n) is 3.37. The lowest BCUT2D eigenvalue weighted by Crippen LogP contribution is -1.95. The van der Waals surface area contributed by atoms with Crippen LogP contribution in [0.5, 0.6) is 5.75 Å². The lowest BCUT2D eigenvalue weighted by Gasteiger charge is -1.99. The molecule has 0 aliphatic rings. The molecule has 1 heterocycles. The average molecular weight is 218 g/mol. The summed E-state index contributed by atoms with van der Waals surface area (Å²) in [7, 11) is 0. The van der Waals surface area contributed by atoms with Crippen molar-refractivity contribution in [3.8, 4) is 5.75 Å². The maximum absolute atomic E-state index is 10.9. The second kappa shape index (κ2) is 4.14. The first-order chi connectivity index (χ1) is 7.66. The van der Waals surface area contributed by atoms with Crippen LogP contribution in [0.4, 0.5) is 0 Å². The molecule has 16 heavy (non-hydrogen) atoms. The number of rotatable bonds is 3. The molecule has 2 rings (SSSR count). The Kier molecular flexibility index (Phi) is 2.68. The SMILES string of the molecule is CC(=O)c1noc(Cc2ccccc2O)n1. The first kappa shape index (κ1) is 10.4. The summed E-state index contributed by atoms with van der Waals surface area (Å²) in [6.07, 6.45) is 0.312. The van der Waals surface area contributed by atoms with Gasteiger partial charge in [0.1, 0.15) is 5.75 Å². The van der Waals surface area contributed by atoms with E-state index in [1.165, 1.54) is 6.92 Å². The van der Waals surface area contributed by atoms with E-state index >= 15 is 0 Å². The topological polar surface area (TPSA) is 76.2 Å². The number of aromatic hydroxyl groups is 1. The molecule has 0 amide bonds. The van der Waals surface area contributed by atoms with Gasteiger partial charge in [0.15, 0.2) is 0 Å². The van der Waals surface area contributed by atoms with Crippen LogP contribution in [-0.2, 0) is 6.42 Å². The van der Waals surface area contributed by atoms with Gasteiger partial charge in [-0.2, -0.15) is 4.98 Å². The minimum atomic E-state index is -0.243. The van der Waals surface area contributed by atoms with Crippen molar-refractivity contribution in [3.05, 3.63) is 41.5 Å². The molecule has 0 fully saturated rings. The molecule has 0 radical (unpaired) electrons. The van der Waals surface area contributed by atoms with Crippen molar-refractivity contribution in [1.82, 2.24) is 10.1 Å². The van der Waals surface area contributed by atoms with E-state index in [2.05, 4.69) is 10.1 Å². The highest BCUT2D eigenvalue weighted by molar-refractivity contribution is 5.89. The van der Waals surface area contributed by atoms with Crippen LogP contribution < -0.4 is 0 Å². The lowest BCUT2D eigenvalue weighted by atomic mass is 10.1. The Morgan fingerprint density at radius 1 is 1.44 bits per heavy atom. The normalized spacial score (nSPS) is 10.3. The molecule has 2 aromatic rings. The first-order valence-electron chi connectivity index (χ1n) is 4.77. The third kappa shape index (κ3) is 2.08. The maximum atomic E-state index is 10.9. The van der Waals surface area contributed by atoms with Crippen LogP contribution in [0.25, 0.3) is 0 Å². The molecule has 0 bridgehead atoms. The lowest BCUT2D eigenvalue weighted by molar-refractivity contribution is 0.100. The van der Waals surface area contributed by atoms with Crippen molar-refractivity contribution in [3.63, 3.8) is 0 Å². The molecule has 5 heteroatoms. The van der Waals surface area contributed by atoms with Gasteiger partial charge in [-0.1, -0.05) is 23.4 Å². The van der Waals surface area contributed by atoms with E-state index < -0.39 is 0 Å². The van der Waals surface area contributed by atoms with Crippen LogP contribution in [-0.4, -0.2) is 21.0 Å². The van der Waals surface area contributed by atoms with E-state index in [1.807, 2.05) is 0 Å². The van der Waals surface area contributed by atoms with E-state index in [9.17, 15) is 9.90 Å². The Morgan fingerprint density at radius 3 is 2.81 bits per heavy atom. The molecule has 0 unspecified atom stereocenters. The summed E-state index contributed by atoms with van der Waals surface area (Å²) >= 11 is 0. The summed E-state index contributed by atoms with van der Waals surface area (Å²) in [6.45, 7) is 1.37. The average Bonchev–Trinajstić information content (AvgIpc) is 2.70. The Morgan fingerprint density at radius 2 is 2.19 bits per heavy atom. The van der Waals surface area contributed by atoms with Crippen LogP contribution >= 0.6 is 0 Å². The molecule has 0 spiro atoms. The highest BCUT2D eigenvalue weighted by Crippen LogP contribution is 2.18. The summed E-state index contributed by atoms with van der Waals surface area (Å²) in [5.41, 5.74) is 0.682. The number of aromatic nitrogens is 2. The minimum Gasteiger partial charge on any atom is -0.508 e. The van der Waals surface area contributed by atoms with Crippen molar-refractivity contribution in [2.75, 3.05) is 0 Å². The third-order valence-electron chi connectivity index (χ3n) is 2.12. The number of hydrogen-bond acceptors (Lipinski definition) is 5. The molecule has 1 N–H and O–H groups in total. The molecule has 0 saturated carbocycles. The number of hydrogen-bond donors (Lipinski definition) is 1. The predicted octanol–water partition coefficient (Wildman–Crippen LogP) is 1.57. The summed E-state index contributed by atoms with van der Waals surface area (Å²) < 4.78 is 4.89. The zero-order chi connectivity index (χ0) is 11.5. The highest BCUT2D eigenvalue weighted by atomic mass is 16.5. The summed E-state index contributed by atoms with van der Waals surface area (Å²) in [4.78, 5) is 14.9. The Labute approximate surface area is 91.7 Å². The van der Waals surface area contributed by atoms with Gasteiger partial charge in [0.05, 0.1) is 6.42 Å². The predicted molar refractivity (Wildman–Crippen MR) is 55.2 cm³/mol. The van der Waals surface area contributed by atoms with Gasteiger partial charge in [0.25, 0.3) is 0 Å². The molecular formula is C11H10N2O3. The van der Waals surface area contributed by atoms with Crippen LogP contribution in [0, 0.1) is 0 Å². The van der Waals surface area contributed by atoms with E-state index in [0.29, 0.717) is 17.9 Å². The standard InChI is InChI=1S/C11H10N2O3/c1-7(14)11-12-10(16-13-11)6-8-4-2-3-5-9(8)15/h2-5,15H,6H2,1H3. The third-order valence-corrected chi connectivity index (χ3v) is 2.12. The van der Waals surface area contributed by atoms with Crippen LogP contribution in [0.3, 0.4) is 0 Å². The zero-order valence-corrected chi connectivity index (χ0v) is 8.67. The molecule has 1 aromatic heterocycles. The van der Waals surface area contributed by atoms with Crippen molar-refractivity contribution < 1.29 is 14.4 Å². The maximum Gasteiger partial charge on any atom is 0.238 e. The van der Waals surface area contributed by atoms with E-state index in [1.54, 1.807) is 24.3 Å².